The largest absolute Gasteiger partial charge is 0.457 e. The fourth-order valence-corrected chi connectivity index (χ4v) is 9.95. The van der Waals surface area contributed by atoms with Gasteiger partial charge in [0, 0.05) is 28.0 Å². The Hall–Kier alpha value is -7.23. The minimum absolute atomic E-state index is 0.188. The first kappa shape index (κ1) is 32.1. The van der Waals surface area contributed by atoms with Gasteiger partial charge in [0.25, 0.3) is 0 Å². The number of benzene rings is 8. The molecule has 12 rings (SSSR count). The van der Waals surface area contributed by atoms with Gasteiger partial charge in [0.1, 0.15) is 17.3 Å². The summed E-state index contributed by atoms with van der Waals surface area (Å²) in [6.07, 6.45) is 7.82. The lowest BCUT2D eigenvalue weighted by atomic mass is 9.65. The van der Waals surface area contributed by atoms with Gasteiger partial charge in [-0.3, -0.25) is 4.99 Å². The van der Waals surface area contributed by atoms with E-state index in [1.54, 1.807) is 0 Å². The summed E-state index contributed by atoms with van der Waals surface area (Å²) < 4.78 is 6.77. The van der Waals surface area contributed by atoms with Gasteiger partial charge in [-0.2, -0.15) is 0 Å². The second kappa shape index (κ2) is 12.4. The predicted molar refractivity (Wildman–Crippen MR) is 233 cm³/mol. The maximum Gasteiger partial charge on any atom is 0.133 e. The van der Waals surface area contributed by atoms with Gasteiger partial charge in [0.15, 0.2) is 0 Å². The van der Waals surface area contributed by atoms with Gasteiger partial charge < -0.3 is 10.1 Å². The first-order chi connectivity index (χ1) is 28.2. The molecule has 0 amide bonds. The van der Waals surface area contributed by atoms with E-state index in [-0.39, 0.29) is 6.04 Å². The number of rotatable bonds is 4. The second-order valence-electron chi connectivity index (χ2n) is 15.4. The van der Waals surface area contributed by atoms with Crippen LogP contribution in [0.4, 0.5) is 0 Å². The van der Waals surface area contributed by atoms with Crippen LogP contribution in [0.25, 0.3) is 44.8 Å². The molecule has 2 aliphatic carbocycles. The molecule has 0 radical (unpaired) electrons. The summed E-state index contributed by atoms with van der Waals surface area (Å²) in [7, 11) is 0. The fraction of sp³-hybridized carbons (Fsp3) is 0.0556. The Kier molecular flexibility index (Phi) is 6.97. The van der Waals surface area contributed by atoms with Gasteiger partial charge in [-0.1, -0.05) is 158 Å². The molecule has 1 spiro atoms. The highest BCUT2D eigenvalue weighted by Crippen LogP contribution is 2.62. The molecule has 0 saturated carbocycles. The summed E-state index contributed by atoms with van der Waals surface area (Å²) in [6.45, 7) is 0. The Morgan fingerprint density at radius 1 is 0.544 bits per heavy atom. The van der Waals surface area contributed by atoms with Gasteiger partial charge in [-0.05, 0) is 104 Å². The van der Waals surface area contributed by atoms with Crippen molar-refractivity contribution in [1.29, 1.82) is 0 Å². The summed E-state index contributed by atoms with van der Waals surface area (Å²) in [5, 5.41) is 6.42. The summed E-state index contributed by atoms with van der Waals surface area (Å²) >= 11 is 0. The van der Waals surface area contributed by atoms with Crippen LogP contribution in [0.15, 0.2) is 193 Å². The average Bonchev–Trinajstić information content (AvgIpc) is 3.57. The highest BCUT2D eigenvalue weighted by Gasteiger charge is 2.51. The molecule has 0 saturated heterocycles. The van der Waals surface area contributed by atoms with Crippen molar-refractivity contribution in [1.82, 2.24) is 5.32 Å². The maximum atomic E-state index is 6.77. The number of hydrogen-bond acceptors (Lipinski definition) is 3. The molecule has 1 N–H and O–H groups in total. The third kappa shape index (κ3) is 4.76. The SMILES string of the molecule is C1=Cc2cc(C3C=C(c4ccccc4-c4ccc5c(c4)C4(c6ccccc6O5)c5ccccc5-c5ccccc54)NC(c4ccccc4)=N3)cc3cccc(c23)C1. The van der Waals surface area contributed by atoms with Crippen LogP contribution in [0.2, 0.25) is 0 Å². The van der Waals surface area contributed by atoms with Gasteiger partial charge >= 0.3 is 0 Å². The number of ether oxygens (including phenoxy) is 1. The molecule has 2 heterocycles. The molecular formula is C54H36N2O. The van der Waals surface area contributed by atoms with Crippen molar-refractivity contribution < 1.29 is 4.74 Å². The van der Waals surface area contributed by atoms with E-state index < -0.39 is 5.41 Å². The Morgan fingerprint density at radius 3 is 2.04 bits per heavy atom. The minimum atomic E-state index is -0.534. The molecule has 0 aromatic heterocycles. The molecule has 4 aliphatic rings. The van der Waals surface area contributed by atoms with Crippen LogP contribution in [0.5, 0.6) is 11.5 Å². The lowest BCUT2D eigenvalue weighted by molar-refractivity contribution is 0.436. The summed E-state index contributed by atoms with van der Waals surface area (Å²) in [5.41, 5.74) is 16.2. The highest BCUT2D eigenvalue weighted by atomic mass is 16.5. The lowest BCUT2D eigenvalue weighted by Crippen LogP contribution is -2.32. The van der Waals surface area contributed by atoms with E-state index in [4.69, 9.17) is 9.73 Å². The van der Waals surface area contributed by atoms with Crippen molar-refractivity contribution in [2.75, 3.05) is 0 Å². The van der Waals surface area contributed by atoms with Crippen molar-refractivity contribution in [3.05, 3.63) is 238 Å². The zero-order valence-corrected chi connectivity index (χ0v) is 31.1. The summed E-state index contributed by atoms with van der Waals surface area (Å²) in [4.78, 5) is 5.38. The normalized spacial score (nSPS) is 16.4. The highest BCUT2D eigenvalue weighted by molar-refractivity contribution is 6.06. The number of hydrogen-bond donors (Lipinski definition) is 1. The molecule has 0 bridgehead atoms. The van der Waals surface area contributed by atoms with Crippen LogP contribution < -0.4 is 10.1 Å². The third-order valence-electron chi connectivity index (χ3n) is 12.4. The fourth-order valence-electron chi connectivity index (χ4n) is 9.95. The topological polar surface area (TPSA) is 33.6 Å². The molecule has 268 valence electrons. The molecule has 1 atom stereocenters. The molecule has 1 unspecified atom stereocenters. The zero-order valence-electron chi connectivity index (χ0n) is 31.1. The van der Waals surface area contributed by atoms with Crippen LogP contribution in [-0.2, 0) is 11.8 Å². The molecule has 3 heteroatoms. The van der Waals surface area contributed by atoms with Gasteiger partial charge in [0.2, 0.25) is 0 Å². The first-order valence-corrected chi connectivity index (χ1v) is 19.8. The summed E-state index contributed by atoms with van der Waals surface area (Å²) in [5.74, 6) is 2.64. The number of nitrogens with zero attached hydrogens (tertiary/aromatic N) is 1. The Morgan fingerprint density at radius 2 is 1.23 bits per heavy atom. The van der Waals surface area contributed by atoms with E-state index >= 15 is 0 Å². The van der Waals surface area contributed by atoms with E-state index in [0.29, 0.717) is 0 Å². The van der Waals surface area contributed by atoms with Gasteiger partial charge in [-0.15, -0.1) is 0 Å². The molecule has 3 nitrogen and oxygen atoms in total. The van der Waals surface area contributed by atoms with E-state index in [1.807, 2.05) is 0 Å². The van der Waals surface area contributed by atoms with E-state index in [9.17, 15) is 0 Å². The second-order valence-corrected chi connectivity index (χ2v) is 15.4. The number of amidine groups is 1. The van der Waals surface area contributed by atoms with Crippen LogP contribution in [0.3, 0.4) is 0 Å². The number of fused-ring (bicyclic) bond motifs is 9. The van der Waals surface area contributed by atoms with Gasteiger partial charge in [0.05, 0.1) is 11.5 Å². The molecular weight excluding hydrogens is 693 g/mol. The predicted octanol–water partition coefficient (Wildman–Crippen LogP) is 12.7. The quantitative estimate of drug-likeness (QED) is 0.196. The smallest absolute Gasteiger partial charge is 0.133 e. The van der Waals surface area contributed by atoms with Crippen molar-refractivity contribution in [2.24, 2.45) is 4.99 Å². The monoisotopic (exact) mass is 728 g/mol. The van der Waals surface area contributed by atoms with Crippen LogP contribution >= 0.6 is 0 Å². The number of aliphatic imine (C=N–C) groups is 1. The summed E-state index contributed by atoms with van der Waals surface area (Å²) in [6, 6.07) is 63.5. The van der Waals surface area contributed by atoms with Crippen LogP contribution in [0, 0.1) is 0 Å². The van der Waals surface area contributed by atoms with Crippen molar-refractivity contribution in [2.45, 2.75) is 17.9 Å². The van der Waals surface area contributed by atoms with Crippen molar-refractivity contribution >= 4 is 28.4 Å². The Bertz CT molecular complexity index is 3010. The van der Waals surface area contributed by atoms with Crippen LogP contribution in [-0.4, -0.2) is 5.84 Å². The minimum Gasteiger partial charge on any atom is -0.457 e. The third-order valence-corrected chi connectivity index (χ3v) is 12.4. The first-order valence-electron chi connectivity index (χ1n) is 19.8. The van der Waals surface area contributed by atoms with Crippen molar-refractivity contribution in [3.63, 3.8) is 0 Å². The maximum absolute atomic E-state index is 6.77. The molecule has 0 fully saturated rings. The van der Waals surface area contributed by atoms with E-state index in [0.717, 1.165) is 57.3 Å². The molecule has 57 heavy (non-hydrogen) atoms. The average molecular weight is 729 g/mol. The zero-order chi connectivity index (χ0) is 37.5. The lowest BCUT2D eigenvalue weighted by Gasteiger charge is -2.39. The Labute approximate surface area is 332 Å². The molecule has 2 aliphatic heterocycles. The van der Waals surface area contributed by atoms with E-state index in [1.165, 1.54) is 55.3 Å². The number of nitrogens with one attached hydrogen (secondary N) is 1. The molecule has 8 aromatic rings. The van der Waals surface area contributed by atoms with Gasteiger partial charge in [-0.25, -0.2) is 0 Å². The van der Waals surface area contributed by atoms with Crippen LogP contribution in [0.1, 0.15) is 56.1 Å². The van der Waals surface area contributed by atoms with Crippen molar-refractivity contribution in [3.8, 4) is 33.8 Å². The standard InChI is InChI=1S/C54H36N2O/c1-2-14-35(15-3-1)53-55-48(39-30-37-18-12-16-34-17-13-19-38(31-39)52(34)37)33-49(56-53)43-23-5-4-20-40(43)36-28-29-51-47(32-36)54(46-26-10-11-27-50(46)57-51)44-24-8-6-21-41(44)42-22-7-9-25-45(42)54/h1-16,18-33,48H,17H2,(H,55,56). The van der Waals surface area contributed by atoms with E-state index in [2.05, 4.69) is 199 Å². The number of para-hydroxylation sites is 1. The number of allylic oxidation sites excluding steroid dienone is 1. The molecule has 8 aromatic carbocycles. The Balaban J connectivity index is 1.04.